The molecule has 0 atom stereocenters. The summed E-state index contributed by atoms with van der Waals surface area (Å²) in [4.78, 5) is 2.58. The standard InChI is InChI=1S/C19H24N2/c1-2-6-17(7-3-1)16-20-12-15-21-13-10-18-8-4-5-9-19(18)11-14-21/h1-9,20H,10-16H2. The number of nitrogens with zero attached hydrogens (tertiary/aromatic N) is 1. The molecule has 0 aromatic heterocycles. The maximum atomic E-state index is 3.55. The third-order valence-electron chi connectivity index (χ3n) is 4.29. The van der Waals surface area contributed by atoms with Crippen LogP contribution in [0.5, 0.6) is 0 Å². The van der Waals surface area contributed by atoms with E-state index in [1.54, 1.807) is 0 Å². The lowest BCUT2D eigenvalue weighted by Gasteiger charge is -2.19. The molecule has 2 aromatic rings. The van der Waals surface area contributed by atoms with E-state index in [1.807, 2.05) is 0 Å². The maximum Gasteiger partial charge on any atom is 0.0206 e. The molecule has 110 valence electrons. The van der Waals surface area contributed by atoms with E-state index < -0.39 is 0 Å². The van der Waals surface area contributed by atoms with Crippen molar-refractivity contribution in [3.8, 4) is 0 Å². The van der Waals surface area contributed by atoms with Crippen LogP contribution in [0, 0.1) is 0 Å². The van der Waals surface area contributed by atoms with E-state index in [-0.39, 0.29) is 0 Å². The summed E-state index contributed by atoms with van der Waals surface area (Å²) in [6.07, 6.45) is 2.38. The van der Waals surface area contributed by atoms with E-state index in [9.17, 15) is 0 Å². The lowest BCUT2D eigenvalue weighted by molar-refractivity contribution is 0.286. The fourth-order valence-corrected chi connectivity index (χ4v) is 3.00. The van der Waals surface area contributed by atoms with Crippen LogP contribution in [0.15, 0.2) is 54.6 Å². The third kappa shape index (κ3) is 4.16. The van der Waals surface area contributed by atoms with Crippen molar-refractivity contribution in [1.29, 1.82) is 0 Å². The van der Waals surface area contributed by atoms with Gasteiger partial charge in [0.15, 0.2) is 0 Å². The van der Waals surface area contributed by atoms with Crippen molar-refractivity contribution in [2.75, 3.05) is 26.2 Å². The second-order valence-electron chi connectivity index (χ2n) is 5.77. The van der Waals surface area contributed by atoms with E-state index in [0.29, 0.717) is 0 Å². The van der Waals surface area contributed by atoms with Gasteiger partial charge in [-0.2, -0.15) is 0 Å². The van der Waals surface area contributed by atoms with Gasteiger partial charge in [0.1, 0.15) is 0 Å². The molecular formula is C19H24N2. The van der Waals surface area contributed by atoms with E-state index >= 15 is 0 Å². The first-order chi connectivity index (χ1) is 10.4. The van der Waals surface area contributed by atoms with Crippen LogP contribution in [-0.4, -0.2) is 31.1 Å². The normalized spacial score (nSPS) is 15.4. The van der Waals surface area contributed by atoms with E-state index in [1.165, 1.54) is 42.6 Å². The highest BCUT2D eigenvalue weighted by Gasteiger charge is 2.12. The molecule has 2 nitrogen and oxygen atoms in total. The summed E-state index contributed by atoms with van der Waals surface area (Å²) in [6, 6.07) is 19.5. The number of nitrogens with one attached hydrogen (secondary N) is 1. The summed E-state index contributed by atoms with van der Waals surface area (Å²) in [6.45, 7) is 5.54. The van der Waals surface area contributed by atoms with E-state index in [4.69, 9.17) is 0 Å². The molecule has 2 aromatic carbocycles. The predicted octanol–water partition coefficient (Wildman–Crippen LogP) is 2.88. The van der Waals surface area contributed by atoms with Crippen molar-refractivity contribution in [2.45, 2.75) is 19.4 Å². The van der Waals surface area contributed by atoms with Gasteiger partial charge in [-0.1, -0.05) is 54.6 Å². The Hall–Kier alpha value is -1.64. The predicted molar refractivity (Wildman–Crippen MR) is 88.4 cm³/mol. The van der Waals surface area contributed by atoms with Gasteiger partial charge >= 0.3 is 0 Å². The Morgan fingerprint density at radius 1 is 0.810 bits per heavy atom. The minimum Gasteiger partial charge on any atom is -0.311 e. The Labute approximate surface area is 127 Å². The van der Waals surface area contributed by atoms with Crippen LogP contribution in [0.1, 0.15) is 16.7 Å². The lowest BCUT2D eigenvalue weighted by atomic mass is 10.0. The van der Waals surface area contributed by atoms with Crippen LogP contribution in [0.25, 0.3) is 0 Å². The number of fused-ring (bicyclic) bond motifs is 1. The Balaban J connectivity index is 1.41. The second-order valence-corrected chi connectivity index (χ2v) is 5.77. The van der Waals surface area contributed by atoms with Gasteiger partial charge < -0.3 is 10.2 Å². The Kier molecular flexibility index (Phi) is 5.03. The molecule has 21 heavy (non-hydrogen) atoms. The molecule has 0 amide bonds. The minimum absolute atomic E-state index is 0.967. The Morgan fingerprint density at radius 2 is 1.43 bits per heavy atom. The summed E-state index contributed by atoms with van der Waals surface area (Å²) in [5.41, 5.74) is 4.44. The molecule has 0 saturated carbocycles. The van der Waals surface area contributed by atoms with Crippen molar-refractivity contribution in [2.24, 2.45) is 0 Å². The Bertz CT molecular complexity index is 524. The van der Waals surface area contributed by atoms with Crippen LogP contribution in [-0.2, 0) is 19.4 Å². The number of hydrogen-bond acceptors (Lipinski definition) is 2. The Morgan fingerprint density at radius 3 is 2.10 bits per heavy atom. The fraction of sp³-hybridized carbons (Fsp3) is 0.368. The van der Waals surface area contributed by atoms with Gasteiger partial charge in [-0.15, -0.1) is 0 Å². The molecule has 0 spiro atoms. The number of hydrogen-bond donors (Lipinski definition) is 1. The molecule has 3 rings (SSSR count). The summed E-state index contributed by atoms with van der Waals surface area (Å²) < 4.78 is 0. The monoisotopic (exact) mass is 280 g/mol. The van der Waals surface area contributed by atoms with Crippen molar-refractivity contribution in [1.82, 2.24) is 10.2 Å². The first kappa shape index (κ1) is 14.3. The minimum atomic E-state index is 0.967. The highest BCUT2D eigenvalue weighted by molar-refractivity contribution is 5.28. The van der Waals surface area contributed by atoms with Crippen molar-refractivity contribution in [3.05, 3.63) is 71.3 Å². The molecular weight excluding hydrogens is 256 g/mol. The van der Waals surface area contributed by atoms with E-state index in [2.05, 4.69) is 64.8 Å². The number of benzene rings is 2. The van der Waals surface area contributed by atoms with Crippen molar-refractivity contribution < 1.29 is 0 Å². The quantitative estimate of drug-likeness (QED) is 0.847. The zero-order valence-electron chi connectivity index (χ0n) is 12.6. The van der Waals surface area contributed by atoms with Crippen molar-refractivity contribution >= 4 is 0 Å². The molecule has 0 bridgehead atoms. The molecule has 1 aliphatic rings. The summed E-state index contributed by atoms with van der Waals surface area (Å²) in [5.74, 6) is 0. The molecule has 0 unspecified atom stereocenters. The molecule has 1 aliphatic heterocycles. The summed E-state index contributed by atoms with van der Waals surface area (Å²) in [7, 11) is 0. The van der Waals surface area contributed by atoms with Gasteiger partial charge in [-0.3, -0.25) is 0 Å². The molecule has 0 radical (unpaired) electrons. The SMILES string of the molecule is c1ccc(CNCCN2CCc3ccccc3CC2)cc1. The van der Waals surface area contributed by atoms with Crippen LogP contribution in [0.4, 0.5) is 0 Å². The van der Waals surface area contributed by atoms with Gasteiger partial charge in [-0.05, 0) is 29.5 Å². The first-order valence-electron chi connectivity index (χ1n) is 7.95. The summed E-state index contributed by atoms with van der Waals surface area (Å²) in [5, 5.41) is 3.55. The van der Waals surface area contributed by atoms with Gasteiger partial charge in [0.2, 0.25) is 0 Å². The van der Waals surface area contributed by atoms with Crippen LogP contribution in [0.3, 0.4) is 0 Å². The highest BCUT2D eigenvalue weighted by Crippen LogP contribution is 2.15. The lowest BCUT2D eigenvalue weighted by Crippen LogP contribution is -2.33. The smallest absolute Gasteiger partial charge is 0.0206 e. The molecule has 0 saturated heterocycles. The third-order valence-corrected chi connectivity index (χ3v) is 4.29. The van der Waals surface area contributed by atoms with Gasteiger partial charge in [-0.25, -0.2) is 0 Å². The van der Waals surface area contributed by atoms with Crippen molar-refractivity contribution in [3.63, 3.8) is 0 Å². The second kappa shape index (κ2) is 7.39. The topological polar surface area (TPSA) is 15.3 Å². The molecule has 0 fully saturated rings. The fourth-order valence-electron chi connectivity index (χ4n) is 3.00. The van der Waals surface area contributed by atoms with Gasteiger partial charge in [0.25, 0.3) is 0 Å². The van der Waals surface area contributed by atoms with E-state index in [0.717, 1.165) is 19.6 Å². The molecule has 1 heterocycles. The van der Waals surface area contributed by atoms with Crippen LogP contribution >= 0.6 is 0 Å². The number of rotatable bonds is 5. The van der Waals surface area contributed by atoms with Gasteiger partial charge in [0.05, 0.1) is 0 Å². The average Bonchev–Trinajstić information content (AvgIpc) is 2.75. The van der Waals surface area contributed by atoms with Crippen LogP contribution < -0.4 is 5.32 Å². The zero-order valence-corrected chi connectivity index (χ0v) is 12.6. The van der Waals surface area contributed by atoms with Crippen LogP contribution in [0.2, 0.25) is 0 Å². The highest BCUT2D eigenvalue weighted by atomic mass is 15.1. The average molecular weight is 280 g/mol. The van der Waals surface area contributed by atoms with Gasteiger partial charge in [0, 0.05) is 32.7 Å². The molecule has 2 heteroatoms. The molecule has 0 aliphatic carbocycles. The zero-order chi connectivity index (χ0) is 14.3. The summed E-state index contributed by atoms with van der Waals surface area (Å²) >= 11 is 0. The maximum absolute atomic E-state index is 3.55. The molecule has 1 N–H and O–H groups in total. The first-order valence-corrected chi connectivity index (χ1v) is 7.95. The largest absolute Gasteiger partial charge is 0.311 e.